The zero-order valence-corrected chi connectivity index (χ0v) is 17.3. The van der Waals surface area contributed by atoms with E-state index in [2.05, 4.69) is 15.3 Å². The van der Waals surface area contributed by atoms with Gasteiger partial charge in [-0.05, 0) is 45.7 Å². The van der Waals surface area contributed by atoms with Crippen molar-refractivity contribution in [3.8, 4) is 0 Å². The maximum absolute atomic E-state index is 12.6. The van der Waals surface area contributed by atoms with Crippen LogP contribution in [-0.2, 0) is 22.5 Å². The first-order valence-electron chi connectivity index (χ1n) is 9.15. The van der Waals surface area contributed by atoms with Crippen molar-refractivity contribution in [2.75, 3.05) is 5.32 Å². The summed E-state index contributed by atoms with van der Waals surface area (Å²) in [7, 11) is 0. The number of nitrogens with zero attached hydrogens (tertiary/aromatic N) is 3. The number of amides is 1. The number of carbonyl (C=O) groups is 2. The third kappa shape index (κ3) is 6.43. The highest BCUT2D eigenvalue weighted by Gasteiger charge is 2.31. The molecule has 0 aliphatic carbocycles. The summed E-state index contributed by atoms with van der Waals surface area (Å²) >= 11 is 0. The van der Waals surface area contributed by atoms with Gasteiger partial charge in [0.05, 0.1) is 25.0 Å². The molecule has 1 aromatic carbocycles. The van der Waals surface area contributed by atoms with Crippen LogP contribution in [-0.4, -0.2) is 38.0 Å². The van der Waals surface area contributed by atoms with Gasteiger partial charge in [0.25, 0.3) is 0 Å². The van der Waals surface area contributed by atoms with Crippen LogP contribution in [0.1, 0.15) is 38.8 Å². The molecule has 2 N–H and O–H groups in total. The Kier molecular flexibility index (Phi) is 6.44. The lowest BCUT2D eigenvalue weighted by atomic mass is 9.94. The Morgan fingerprint density at radius 3 is 2.59 bits per heavy atom. The molecule has 1 aromatic heterocycles. The van der Waals surface area contributed by atoms with E-state index in [4.69, 9.17) is 11.3 Å². The first-order chi connectivity index (χ1) is 13.4. The van der Waals surface area contributed by atoms with E-state index in [9.17, 15) is 14.7 Å². The van der Waals surface area contributed by atoms with Crippen LogP contribution in [0.3, 0.4) is 0 Å². The molecule has 0 aliphatic heterocycles. The van der Waals surface area contributed by atoms with Crippen LogP contribution in [0.25, 0.3) is 4.85 Å². The summed E-state index contributed by atoms with van der Waals surface area (Å²) in [6.45, 7) is 15.5. The lowest BCUT2D eigenvalue weighted by Crippen LogP contribution is -2.40. The van der Waals surface area contributed by atoms with Crippen LogP contribution < -0.4 is 5.32 Å². The molecule has 0 spiro atoms. The number of anilines is 1. The fraction of sp³-hybridized carbons (Fsp3) is 0.429. The quantitative estimate of drug-likeness (QED) is 0.724. The molecule has 1 atom stereocenters. The van der Waals surface area contributed by atoms with Gasteiger partial charge in [-0.1, -0.05) is 18.2 Å². The van der Waals surface area contributed by atoms with E-state index in [1.807, 2.05) is 6.92 Å². The largest absolute Gasteiger partial charge is 0.444 e. The van der Waals surface area contributed by atoms with Crippen molar-refractivity contribution in [1.82, 2.24) is 9.78 Å². The lowest BCUT2D eigenvalue weighted by molar-refractivity contribution is -0.136. The van der Waals surface area contributed by atoms with E-state index >= 15 is 0 Å². The van der Waals surface area contributed by atoms with Crippen molar-refractivity contribution in [2.24, 2.45) is 0 Å². The number of hydrogen-bond acceptors (Lipinski definition) is 5. The third-order valence-electron chi connectivity index (χ3n) is 4.10. The molecule has 0 unspecified atom stereocenters. The minimum absolute atomic E-state index is 0.0381. The normalized spacial score (nSPS) is 13.3. The van der Waals surface area contributed by atoms with Gasteiger partial charge in [0.2, 0.25) is 0 Å². The number of nitrogens with one attached hydrogen (secondary N) is 1. The topological polar surface area (TPSA) is 97.8 Å². The number of benzene rings is 1. The first kappa shape index (κ1) is 22.1. The van der Waals surface area contributed by atoms with Gasteiger partial charge in [0.1, 0.15) is 11.2 Å². The van der Waals surface area contributed by atoms with Crippen molar-refractivity contribution in [1.29, 1.82) is 0 Å². The Hall–Kier alpha value is -3.18. The van der Waals surface area contributed by atoms with E-state index in [1.165, 1.54) is 24.0 Å². The number of rotatable bonds is 6. The van der Waals surface area contributed by atoms with E-state index in [0.29, 0.717) is 11.4 Å². The molecule has 0 radical (unpaired) electrons. The fourth-order valence-corrected chi connectivity index (χ4v) is 2.67. The zero-order chi connectivity index (χ0) is 21.8. The second kappa shape index (κ2) is 8.45. The van der Waals surface area contributed by atoms with Crippen LogP contribution >= 0.6 is 0 Å². The summed E-state index contributed by atoms with van der Waals surface area (Å²) in [6.07, 6.45) is 2.35. The Morgan fingerprint density at radius 2 is 2.00 bits per heavy atom. The van der Waals surface area contributed by atoms with Crippen molar-refractivity contribution >= 4 is 23.3 Å². The molecule has 2 aromatic rings. The molecule has 1 heterocycles. The molecule has 1 amide bonds. The van der Waals surface area contributed by atoms with Crippen molar-refractivity contribution in [2.45, 2.75) is 58.8 Å². The molecular weight excluding hydrogens is 372 g/mol. The number of aliphatic hydroxyl groups is 1. The number of aryl methyl sites for hydroxylation is 1. The lowest BCUT2D eigenvalue weighted by Gasteiger charge is -2.22. The van der Waals surface area contributed by atoms with Crippen molar-refractivity contribution in [3.05, 3.63) is 53.1 Å². The third-order valence-corrected chi connectivity index (χ3v) is 4.10. The molecule has 154 valence electrons. The van der Waals surface area contributed by atoms with Gasteiger partial charge in [-0.25, -0.2) is 9.64 Å². The van der Waals surface area contributed by atoms with Gasteiger partial charge in [0.15, 0.2) is 11.5 Å². The minimum atomic E-state index is -1.65. The average Bonchev–Trinajstić information content (AvgIpc) is 2.99. The van der Waals surface area contributed by atoms with Gasteiger partial charge < -0.3 is 9.84 Å². The summed E-state index contributed by atoms with van der Waals surface area (Å²) in [5.74, 6) is -0.371. The minimum Gasteiger partial charge on any atom is -0.444 e. The van der Waals surface area contributed by atoms with Gasteiger partial charge >= 0.3 is 6.09 Å². The number of ether oxygens (including phenoxy) is 1. The van der Waals surface area contributed by atoms with Crippen LogP contribution in [0.2, 0.25) is 0 Å². The smallest absolute Gasteiger partial charge is 0.412 e. The maximum Gasteiger partial charge on any atom is 0.412 e. The maximum atomic E-state index is 12.6. The summed E-state index contributed by atoms with van der Waals surface area (Å²) in [6, 6.07) is 5.16. The number of hydrogen-bond donors (Lipinski definition) is 2. The standard InChI is InChI=1S/C21H26N4O4/c1-14-9-15(7-8-17(14)22-6)10-18(26)21(5,28)13-25-12-16(11-23-25)24-19(27)29-20(2,3)4/h7-9,11-12,28H,10,13H2,1-5H3,(H,24,27)/t21-/m0/s1. The Morgan fingerprint density at radius 1 is 1.31 bits per heavy atom. The number of carbonyl (C=O) groups excluding carboxylic acids is 2. The molecular formula is C21H26N4O4. The van der Waals surface area contributed by atoms with E-state index in [0.717, 1.165) is 11.1 Å². The molecule has 0 saturated carbocycles. The molecule has 0 aliphatic rings. The monoisotopic (exact) mass is 398 g/mol. The van der Waals surface area contributed by atoms with Crippen LogP contribution in [0.5, 0.6) is 0 Å². The van der Waals surface area contributed by atoms with Crippen molar-refractivity contribution in [3.63, 3.8) is 0 Å². The van der Waals surface area contributed by atoms with Gasteiger partial charge in [-0.15, -0.1) is 0 Å². The predicted octanol–water partition coefficient (Wildman–Crippen LogP) is 3.65. The Labute approximate surface area is 170 Å². The molecule has 0 saturated heterocycles. The first-order valence-corrected chi connectivity index (χ1v) is 9.15. The van der Waals surface area contributed by atoms with Gasteiger partial charge in [0, 0.05) is 12.6 Å². The molecule has 29 heavy (non-hydrogen) atoms. The van der Waals surface area contributed by atoms with E-state index in [-0.39, 0.29) is 18.7 Å². The van der Waals surface area contributed by atoms with Crippen LogP contribution in [0.4, 0.5) is 16.2 Å². The fourth-order valence-electron chi connectivity index (χ4n) is 2.67. The van der Waals surface area contributed by atoms with Gasteiger partial charge in [-0.3, -0.25) is 14.8 Å². The van der Waals surface area contributed by atoms with E-state index in [1.54, 1.807) is 39.0 Å². The predicted molar refractivity (Wildman–Crippen MR) is 109 cm³/mol. The highest BCUT2D eigenvalue weighted by atomic mass is 16.6. The number of ketones is 1. The highest BCUT2D eigenvalue weighted by molar-refractivity contribution is 5.88. The van der Waals surface area contributed by atoms with Gasteiger partial charge in [-0.2, -0.15) is 5.10 Å². The SMILES string of the molecule is [C-]#[N+]c1ccc(CC(=O)[C@@](C)(O)Cn2cc(NC(=O)OC(C)(C)C)cn2)cc1C. The Balaban J connectivity index is 2.01. The summed E-state index contributed by atoms with van der Waals surface area (Å²) in [5.41, 5.74) is 0.174. The molecule has 8 nitrogen and oxygen atoms in total. The summed E-state index contributed by atoms with van der Waals surface area (Å²) < 4.78 is 6.56. The molecule has 0 fully saturated rings. The second-order valence-corrected chi connectivity index (χ2v) is 8.16. The highest BCUT2D eigenvalue weighted by Crippen LogP contribution is 2.21. The van der Waals surface area contributed by atoms with Crippen LogP contribution in [0.15, 0.2) is 30.6 Å². The molecule has 2 rings (SSSR count). The van der Waals surface area contributed by atoms with Crippen LogP contribution in [0, 0.1) is 13.5 Å². The average molecular weight is 398 g/mol. The summed E-state index contributed by atoms with van der Waals surface area (Å²) in [4.78, 5) is 27.8. The zero-order valence-electron chi connectivity index (χ0n) is 17.3. The number of Topliss-reactive ketones (excluding diaryl/α,β-unsaturated/α-hetero) is 1. The molecule has 0 bridgehead atoms. The summed E-state index contributed by atoms with van der Waals surface area (Å²) in [5, 5.41) is 17.3. The van der Waals surface area contributed by atoms with Crippen molar-refractivity contribution < 1.29 is 19.4 Å². The second-order valence-electron chi connectivity index (χ2n) is 8.16. The molecule has 8 heteroatoms. The Bertz CT molecular complexity index is 948. The van der Waals surface area contributed by atoms with E-state index < -0.39 is 17.3 Å². The number of aromatic nitrogens is 2.